The molecule has 0 aliphatic heterocycles. The molecule has 0 spiro atoms. The summed E-state index contributed by atoms with van der Waals surface area (Å²) in [5, 5.41) is 11.3. The summed E-state index contributed by atoms with van der Waals surface area (Å²) in [7, 11) is 1.96. The lowest BCUT2D eigenvalue weighted by Gasteiger charge is -2.06. The Hall–Kier alpha value is -1.20. The average molecular weight is 295 g/mol. The molecule has 0 aliphatic rings. The predicted octanol–water partition coefficient (Wildman–Crippen LogP) is 1.91. The fourth-order valence-electron chi connectivity index (χ4n) is 1.60. The lowest BCUT2D eigenvalue weighted by Crippen LogP contribution is -2.18. The summed E-state index contributed by atoms with van der Waals surface area (Å²) in [5.74, 6) is 1.00. The molecule has 0 aliphatic carbocycles. The average Bonchev–Trinajstić information content (AvgIpc) is 2.73. The van der Waals surface area contributed by atoms with E-state index in [1.807, 2.05) is 23.7 Å². The van der Waals surface area contributed by atoms with Crippen molar-refractivity contribution in [1.29, 1.82) is 0 Å². The zero-order valence-electron chi connectivity index (χ0n) is 9.73. The molecule has 90 valence electrons. The Bertz CT molecular complexity index is 481. The number of aromatic nitrogens is 3. The van der Waals surface area contributed by atoms with Crippen LogP contribution in [0.1, 0.15) is 11.4 Å². The minimum absolute atomic E-state index is 0.860. The third kappa shape index (κ3) is 3.38. The third-order valence-corrected chi connectivity index (χ3v) is 3.38. The van der Waals surface area contributed by atoms with Crippen molar-refractivity contribution in [2.45, 2.75) is 13.0 Å². The van der Waals surface area contributed by atoms with Crippen LogP contribution in [0, 0.1) is 0 Å². The second-order valence-corrected chi connectivity index (χ2v) is 4.73. The highest BCUT2D eigenvalue weighted by atomic mass is 79.9. The molecular weight excluding hydrogens is 280 g/mol. The van der Waals surface area contributed by atoms with Crippen molar-refractivity contribution in [2.24, 2.45) is 7.05 Å². The van der Waals surface area contributed by atoms with E-state index in [9.17, 15) is 0 Å². The van der Waals surface area contributed by atoms with Crippen LogP contribution in [0.15, 0.2) is 35.1 Å². The van der Waals surface area contributed by atoms with E-state index < -0.39 is 0 Å². The SMILES string of the molecule is Cn1cnnc1CCNCc1ccccc1Br. The topological polar surface area (TPSA) is 42.7 Å². The van der Waals surface area contributed by atoms with Crippen LogP contribution in [-0.4, -0.2) is 21.3 Å². The molecule has 1 aromatic carbocycles. The number of nitrogens with zero attached hydrogens (tertiary/aromatic N) is 3. The van der Waals surface area contributed by atoms with Gasteiger partial charge in [-0.25, -0.2) is 0 Å². The first-order valence-electron chi connectivity index (χ1n) is 5.54. The van der Waals surface area contributed by atoms with Gasteiger partial charge in [0.1, 0.15) is 12.2 Å². The van der Waals surface area contributed by atoms with Gasteiger partial charge in [0.05, 0.1) is 0 Å². The molecule has 1 heterocycles. The summed E-state index contributed by atoms with van der Waals surface area (Å²) in [6.45, 7) is 1.76. The molecule has 2 aromatic rings. The van der Waals surface area contributed by atoms with Crippen LogP contribution < -0.4 is 5.32 Å². The van der Waals surface area contributed by atoms with Crippen molar-refractivity contribution in [3.8, 4) is 0 Å². The molecule has 0 atom stereocenters. The normalized spacial score (nSPS) is 10.7. The molecule has 0 fully saturated rings. The predicted molar refractivity (Wildman–Crippen MR) is 70.6 cm³/mol. The van der Waals surface area contributed by atoms with E-state index in [2.05, 4.69) is 43.6 Å². The van der Waals surface area contributed by atoms with Gasteiger partial charge in [-0.05, 0) is 11.6 Å². The number of aryl methyl sites for hydroxylation is 1. The maximum absolute atomic E-state index is 4.04. The highest BCUT2D eigenvalue weighted by Crippen LogP contribution is 2.15. The van der Waals surface area contributed by atoms with Gasteiger partial charge in [0, 0.05) is 31.0 Å². The number of nitrogens with one attached hydrogen (secondary N) is 1. The van der Waals surface area contributed by atoms with Crippen LogP contribution in [0.4, 0.5) is 0 Å². The summed E-state index contributed by atoms with van der Waals surface area (Å²) in [6.07, 6.45) is 2.62. The van der Waals surface area contributed by atoms with E-state index in [0.717, 1.165) is 29.8 Å². The molecule has 0 saturated carbocycles. The fourth-order valence-corrected chi connectivity index (χ4v) is 2.02. The Morgan fingerprint density at radius 1 is 1.35 bits per heavy atom. The number of halogens is 1. The summed E-state index contributed by atoms with van der Waals surface area (Å²) < 4.78 is 3.09. The van der Waals surface area contributed by atoms with Crippen LogP contribution in [-0.2, 0) is 20.0 Å². The number of benzene rings is 1. The van der Waals surface area contributed by atoms with E-state index in [4.69, 9.17) is 0 Å². The molecule has 1 N–H and O–H groups in total. The first-order valence-corrected chi connectivity index (χ1v) is 6.33. The van der Waals surface area contributed by atoms with Gasteiger partial charge in [-0.2, -0.15) is 0 Å². The van der Waals surface area contributed by atoms with E-state index in [1.165, 1.54) is 5.56 Å². The van der Waals surface area contributed by atoms with E-state index >= 15 is 0 Å². The summed E-state index contributed by atoms with van der Waals surface area (Å²) in [5.41, 5.74) is 1.27. The first-order chi connectivity index (χ1) is 8.27. The van der Waals surface area contributed by atoms with Crippen molar-refractivity contribution in [3.05, 3.63) is 46.5 Å². The van der Waals surface area contributed by atoms with Gasteiger partial charge in [-0.1, -0.05) is 34.1 Å². The lowest BCUT2D eigenvalue weighted by atomic mass is 10.2. The minimum Gasteiger partial charge on any atom is -0.321 e. The van der Waals surface area contributed by atoms with Crippen molar-refractivity contribution >= 4 is 15.9 Å². The minimum atomic E-state index is 0.860. The van der Waals surface area contributed by atoms with E-state index in [-0.39, 0.29) is 0 Å². The van der Waals surface area contributed by atoms with Crippen molar-refractivity contribution in [3.63, 3.8) is 0 Å². The van der Waals surface area contributed by atoms with Gasteiger partial charge in [0.2, 0.25) is 0 Å². The zero-order chi connectivity index (χ0) is 12.1. The van der Waals surface area contributed by atoms with Gasteiger partial charge in [0.25, 0.3) is 0 Å². The molecular formula is C12H15BrN4. The van der Waals surface area contributed by atoms with Crippen LogP contribution in [0.3, 0.4) is 0 Å². The van der Waals surface area contributed by atoms with Gasteiger partial charge >= 0.3 is 0 Å². The molecule has 0 saturated heterocycles. The van der Waals surface area contributed by atoms with Crippen LogP contribution >= 0.6 is 15.9 Å². The maximum atomic E-state index is 4.04. The van der Waals surface area contributed by atoms with Gasteiger partial charge in [-0.3, -0.25) is 0 Å². The second-order valence-electron chi connectivity index (χ2n) is 3.88. The standard InChI is InChI=1S/C12H15BrN4/c1-17-9-15-16-12(17)6-7-14-8-10-4-2-3-5-11(10)13/h2-5,9,14H,6-8H2,1H3. The molecule has 2 rings (SSSR count). The van der Waals surface area contributed by atoms with E-state index in [0.29, 0.717) is 0 Å². The molecule has 0 bridgehead atoms. The van der Waals surface area contributed by atoms with Crippen molar-refractivity contribution in [2.75, 3.05) is 6.54 Å². The smallest absolute Gasteiger partial charge is 0.133 e. The molecule has 5 heteroatoms. The quantitative estimate of drug-likeness (QED) is 0.857. The first kappa shape index (κ1) is 12.3. The number of hydrogen-bond donors (Lipinski definition) is 1. The summed E-state index contributed by atoms with van der Waals surface area (Å²) in [6, 6.07) is 8.23. The second kappa shape index (κ2) is 5.93. The molecule has 0 amide bonds. The fraction of sp³-hybridized carbons (Fsp3) is 0.333. The Morgan fingerprint density at radius 2 is 2.18 bits per heavy atom. The van der Waals surface area contributed by atoms with Crippen LogP contribution in [0.5, 0.6) is 0 Å². The summed E-state index contributed by atoms with van der Waals surface area (Å²) >= 11 is 3.53. The third-order valence-electron chi connectivity index (χ3n) is 2.60. The van der Waals surface area contributed by atoms with Crippen LogP contribution in [0.2, 0.25) is 0 Å². The maximum Gasteiger partial charge on any atom is 0.133 e. The van der Waals surface area contributed by atoms with Gasteiger partial charge in [0.15, 0.2) is 0 Å². The molecule has 1 aromatic heterocycles. The Kier molecular flexibility index (Phi) is 4.28. The summed E-state index contributed by atoms with van der Waals surface area (Å²) in [4.78, 5) is 0. The van der Waals surface area contributed by atoms with Gasteiger partial charge < -0.3 is 9.88 Å². The Balaban J connectivity index is 1.77. The number of rotatable bonds is 5. The lowest BCUT2D eigenvalue weighted by molar-refractivity contribution is 0.653. The Morgan fingerprint density at radius 3 is 2.88 bits per heavy atom. The zero-order valence-corrected chi connectivity index (χ0v) is 11.3. The highest BCUT2D eigenvalue weighted by molar-refractivity contribution is 9.10. The highest BCUT2D eigenvalue weighted by Gasteiger charge is 2.01. The monoisotopic (exact) mass is 294 g/mol. The molecule has 0 unspecified atom stereocenters. The molecule has 0 radical (unpaired) electrons. The van der Waals surface area contributed by atoms with Crippen molar-refractivity contribution in [1.82, 2.24) is 20.1 Å². The van der Waals surface area contributed by atoms with Crippen LogP contribution in [0.25, 0.3) is 0 Å². The molecule has 17 heavy (non-hydrogen) atoms. The molecule has 4 nitrogen and oxygen atoms in total. The van der Waals surface area contributed by atoms with Crippen molar-refractivity contribution < 1.29 is 0 Å². The number of hydrogen-bond acceptors (Lipinski definition) is 3. The largest absolute Gasteiger partial charge is 0.321 e. The van der Waals surface area contributed by atoms with Gasteiger partial charge in [-0.15, -0.1) is 10.2 Å². The van der Waals surface area contributed by atoms with E-state index in [1.54, 1.807) is 6.33 Å². The Labute approximate surface area is 109 Å².